The summed E-state index contributed by atoms with van der Waals surface area (Å²) in [6.07, 6.45) is 0.563. The second-order valence-electron chi connectivity index (χ2n) is 3.42. The molecule has 0 aromatic heterocycles. The van der Waals surface area contributed by atoms with Crippen LogP contribution in [0.25, 0.3) is 0 Å². The van der Waals surface area contributed by atoms with Crippen molar-refractivity contribution in [2.75, 3.05) is 0 Å². The second-order valence-corrected chi connectivity index (χ2v) is 4.33. The van der Waals surface area contributed by atoms with Gasteiger partial charge in [0.05, 0.1) is 5.56 Å². The number of Topliss-reactive ketones (excluding diaryl/α,β-unsaturated/α-hetero) is 1. The SMILES string of the molecule is CCC(C)C(=O)c1c(F)cc(Br)cc1F. The van der Waals surface area contributed by atoms with E-state index in [0.29, 0.717) is 10.9 Å². The highest BCUT2D eigenvalue weighted by atomic mass is 79.9. The molecule has 0 aliphatic heterocycles. The van der Waals surface area contributed by atoms with Gasteiger partial charge in [0.25, 0.3) is 0 Å². The van der Waals surface area contributed by atoms with E-state index < -0.39 is 23.0 Å². The van der Waals surface area contributed by atoms with Crippen LogP contribution >= 0.6 is 15.9 Å². The molecule has 0 radical (unpaired) electrons. The minimum absolute atomic E-state index is 0.290. The van der Waals surface area contributed by atoms with Gasteiger partial charge in [0.15, 0.2) is 5.78 Å². The Morgan fingerprint density at radius 2 is 1.87 bits per heavy atom. The van der Waals surface area contributed by atoms with Crippen LogP contribution in [0.3, 0.4) is 0 Å². The number of hydrogen-bond donors (Lipinski definition) is 0. The lowest BCUT2D eigenvalue weighted by atomic mass is 9.96. The molecule has 0 aliphatic carbocycles. The molecular weight excluding hydrogens is 266 g/mol. The molecule has 0 saturated carbocycles. The first kappa shape index (κ1) is 12.3. The van der Waals surface area contributed by atoms with Gasteiger partial charge in [-0.2, -0.15) is 0 Å². The summed E-state index contributed by atoms with van der Waals surface area (Å²) in [7, 11) is 0. The van der Waals surface area contributed by atoms with Gasteiger partial charge in [-0.15, -0.1) is 0 Å². The highest BCUT2D eigenvalue weighted by Gasteiger charge is 2.21. The molecule has 0 saturated heterocycles. The van der Waals surface area contributed by atoms with Gasteiger partial charge in [0.2, 0.25) is 0 Å². The first-order valence-electron chi connectivity index (χ1n) is 4.66. The molecule has 0 amide bonds. The number of benzene rings is 1. The Hall–Kier alpha value is -0.770. The monoisotopic (exact) mass is 276 g/mol. The lowest BCUT2D eigenvalue weighted by Crippen LogP contribution is -2.14. The van der Waals surface area contributed by atoms with E-state index >= 15 is 0 Å². The van der Waals surface area contributed by atoms with E-state index in [1.54, 1.807) is 13.8 Å². The summed E-state index contributed by atoms with van der Waals surface area (Å²) in [5, 5.41) is 0. The van der Waals surface area contributed by atoms with Crippen LogP contribution in [-0.2, 0) is 0 Å². The molecule has 0 spiro atoms. The predicted octanol–water partition coefficient (Wildman–Crippen LogP) is 3.96. The van der Waals surface area contributed by atoms with E-state index in [0.717, 1.165) is 12.1 Å². The maximum Gasteiger partial charge on any atom is 0.171 e. The average Bonchev–Trinajstić information content (AvgIpc) is 2.14. The van der Waals surface area contributed by atoms with E-state index in [2.05, 4.69) is 15.9 Å². The third kappa shape index (κ3) is 2.62. The van der Waals surface area contributed by atoms with Crippen LogP contribution in [-0.4, -0.2) is 5.78 Å². The number of ketones is 1. The molecule has 0 fully saturated rings. The molecule has 82 valence electrons. The van der Waals surface area contributed by atoms with Crippen LogP contribution < -0.4 is 0 Å². The van der Waals surface area contributed by atoms with Gasteiger partial charge in [0.1, 0.15) is 11.6 Å². The summed E-state index contributed by atoms with van der Waals surface area (Å²) in [6.45, 7) is 3.46. The molecule has 0 N–H and O–H groups in total. The molecule has 1 nitrogen and oxygen atoms in total. The van der Waals surface area contributed by atoms with Gasteiger partial charge in [0, 0.05) is 10.4 Å². The highest BCUT2D eigenvalue weighted by molar-refractivity contribution is 9.10. The number of rotatable bonds is 3. The fraction of sp³-hybridized carbons (Fsp3) is 0.364. The quantitative estimate of drug-likeness (QED) is 0.764. The Balaban J connectivity index is 3.20. The molecule has 0 aliphatic rings. The normalized spacial score (nSPS) is 12.6. The Bertz CT molecular complexity index is 367. The van der Waals surface area contributed by atoms with Gasteiger partial charge < -0.3 is 0 Å². The number of halogens is 3. The first-order chi connectivity index (χ1) is 6.97. The summed E-state index contributed by atoms with van der Waals surface area (Å²) in [6, 6.07) is 2.19. The van der Waals surface area contributed by atoms with Crippen molar-refractivity contribution in [3.63, 3.8) is 0 Å². The fourth-order valence-corrected chi connectivity index (χ4v) is 1.61. The van der Waals surface area contributed by atoms with Crippen molar-refractivity contribution in [1.82, 2.24) is 0 Å². The standard InChI is InChI=1S/C11H11BrF2O/c1-3-6(2)11(15)10-8(13)4-7(12)5-9(10)14/h4-6H,3H2,1-2H3. The largest absolute Gasteiger partial charge is 0.294 e. The lowest BCUT2D eigenvalue weighted by molar-refractivity contribution is 0.0918. The van der Waals surface area contributed by atoms with Crippen molar-refractivity contribution in [2.45, 2.75) is 20.3 Å². The summed E-state index contributed by atoms with van der Waals surface area (Å²) in [5.41, 5.74) is -0.437. The minimum Gasteiger partial charge on any atom is -0.294 e. The summed E-state index contributed by atoms with van der Waals surface area (Å²) in [4.78, 5) is 11.6. The van der Waals surface area contributed by atoms with Gasteiger partial charge >= 0.3 is 0 Å². The number of carbonyl (C=O) groups excluding carboxylic acids is 1. The number of hydrogen-bond acceptors (Lipinski definition) is 1. The molecule has 1 aromatic rings. The maximum atomic E-state index is 13.4. The van der Waals surface area contributed by atoms with Crippen LogP contribution in [0.4, 0.5) is 8.78 Å². The summed E-state index contributed by atoms with van der Waals surface area (Å²) >= 11 is 2.96. The lowest BCUT2D eigenvalue weighted by Gasteiger charge is -2.09. The molecule has 1 atom stereocenters. The molecule has 1 aromatic carbocycles. The smallest absolute Gasteiger partial charge is 0.171 e. The zero-order valence-corrected chi connectivity index (χ0v) is 10.1. The van der Waals surface area contributed by atoms with Crippen molar-refractivity contribution >= 4 is 21.7 Å². The van der Waals surface area contributed by atoms with Crippen LogP contribution in [0.5, 0.6) is 0 Å². The minimum atomic E-state index is -0.813. The van der Waals surface area contributed by atoms with Crippen molar-refractivity contribution in [2.24, 2.45) is 5.92 Å². The third-order valence-electron chi connectivity index (χ3n) is 2.31. The predicted molar refractivity (Wildman–Crippen MR) is 57.8 cm³/mol. The Morgan fingerprint density at radius 3 is 2.27 bits per heavy atom. The first-order valence-corrected chi connectivity index (χ1v) is 5.45. The van der Waals surface area contributed by atoms with E-state index in [-0.39, 0.29) is 5.92 Å². The highest BCUT2D eigenvalue weighted by Crippen LogP contribution is 2.22. The van der Waals surface area contributed by atoms with E-state index in [4.69, 9.17) is 0 Å². The summed E-state index contributed by atoms with van der Waals surface area (Å²) in [5.74, 6) is -2.48. The van der Waals surface area contributed by atoms with E-state index in [9.17, 15) is 13.6 Å². The molecule has 1 rings (SSSR count). The van der Waals surface area contributed by atoms with Gasteiger partial charge in [-0.05, 0) is 18.6 Å². The van der Waals surface area contributed by atoms with Gasteiger partial charge in [-0.3, -0.25) is 4.79 Å². The molecule has 1 unspecified atom stereocenters. The Kier molecular flexibility index (Phi) is 3.97. The van der Waals surface area contributed by atoms with Crippen LogP contribution in [0, 0.1) is 17.6 Å². The summed E-state index contributed by atoms with van der Waals surface area (Å²) < 4.78 is 27.0. The van der Waals surface area contributed by atoms with Crippen LogP contribution in [0.2, 0.25) is 0 Å². The van der Waals surface area contributed by atoms with E-state index in [1.165, 1.54) is 0 Å². The van der Waals surface area contributed by atoms with Crippen LogP contribution in [0.15, 0.2) is 16.6 Å². The second kappa shape index (κ2) is 4.84. The number of carbonyl (C=O) groups is 1. The van der Waals surface area contributed by atoms with Crippen molar-refractivity contribution in [3.05, 3.63) is 33.8 Å². The van der Waals surface area contributed by atoms with Crippen LogP contribution in [0.1, 0.15) is 30.6 Å². The Morgan fingerprint density at radius 1 is 1.40 bits per heavy atom. The van der Waals surface area contributed by atoms with Gasteiger partial charge in [-0.1, -0.05) is 29.8 Å². The topological polar surface area (TPSA) is 17.1 Å². The molecule has 4 heteroatoms. The zero-order chi connectivity index (χ0) is 11.6. The van der Waals surface area contributed by atoms with Crippen molar-refractivity contribution in [3.8, 4) is 0 Å². The third-order valence-corrected chi connectivity index (χ3v) is 2.77. The zero-order valence-electron chi connectivity index (χ0n) is 8.48. The Labute approximate surface area is 95.6 Å². The van der Waals surface area contributed by atoms with Crippen molar-refractivity contribution in [1.29, 1.82) is 0 Å². The average molecular weight is 277 g/mol. The molecule has 0 heterocycles. The van der Waals surface area contributed by atoms with Gasteiger partial charge in [-0.25, -0.2) is 8.78 Å². The fourth-order valence-electron chi connectivity index (χ4n) is 1.21. The van der Waals surface area contributed by atoms with Crippen molar-refractivity contribution < 1.29 is 13.6 Å². The molecule has 15 heavy (non-hydrogen) atoms. The maximum absolute atomic E-state index is 13.4. The molecule has 0 bridgehead atoms. The van der Waals surface area contributed by atoms with E-state index in [1.807, 2.05) is 0 Å². The molecular formula is C11H11BrF2O.